The highest BCUT2D eigenvalue weighted by Gasteiger charge is 2.21. The standard InChI is InChI=1S/C33H45N3O4/c1-6-19-40-25-29(37)23-35(17-9-20-39-5)24-32(38)36(22-26-12-14-28(15-13-26)33(2,3)4)18-16-27-21-34-31-11-8-7-10-30(27)31/h1,7-8,10-15,21,29,34,37H,9,16-20,22-25H2,2-5H3. The molecular weight excluding hydrogens is 502 g/mol. The van der Waals surface area contributed by atoms with Crippen LogP contribution >= 0.6 is 0 Å². The van der Waals surface area contributed by atoms with Crippen molar-refractivity contribution in [2.24, 2.45) is 0 Å². The lowest BCUT2D eigenvalue weighted by atomic mass is 9.87. The average Bonchev–Trinajstić information content (AvgIpc) is 3.34. The minimum Gasteiger partial charge on any atom is -0.389 e. The van der Waals surface area contributed by atoms with Crippen LogP contribution in [0.1, 0.15) is 43.9 Å². The molecule has 0 fully saturated rings. The first-order chi connectivity index (χ1) is 19.2. The predicted octanol–water partition coefficient (Wildman–Crippen LogP) is 4.39. The van der Waals surface area contributed by atoms with Crippen molar-refractivity contribution in [2.75, 3.05) is 53.1 Å². The molecule has 40 heavy (non-hydrogen) atoms. The quantitative estimate of drug-likeness (QED) is 0.206. The second-order valence-electron chi connectivity index (χ2n) is 11.3. The molecule has 1 amide bonds. The summed E-state index contributed by atoms with van der Waals surface area (Å²) in [5.74, 6) is 2.43. The van der Waals surface area contributed by atoms with E-state index in [1.807, 2.05) is 28.1 Å². The van der Waals surface area contributed by atoms with E-state index in [1.165, 1.54) is 16.5 Å². The van der Waals surface area contributed by atoms with Crippen molar-refractivity contribution in [3.63, 3.8) is 0 Å². The number of aromatic amines is 1. The zero-order chi connectivity index (χ0) is 29.0. The number of H-pyrrole nitrogens is 1. The summed E-state index contributed by atoms with van der Waals surface area (Å²) in [5, 5.41) is 11.7. The molecule has 0 saturated heterocycles. The lowest BCUT2D eigenvalue weighted by Crippen LogP contribution is -2.44. The number of rotatable bonds is 16. The summed E-state index contributed by atoms with van der Waals surface area (Å²) in [6, 6.07) is 16.8. The van der Waals surface area contributed by atoms with Crippen molar-refractivity contribution in [3.8, 4) is 12.3 Å². The maximum absolute atomic E-state index is 13.8. The number of aliphatic hydroxyl groups is 1. The summed E-state index contributed by atoms with van der Waals surface area (Å²) in [4.78, 5) is 21.0. The molecule has 7 nitrogen and oxygen atoms in total. The van der Waals surface area contributed by atoms with Crippen LogP contribution in [-0.2, 0) is 32.6 Å². The number of fused-ring (bicyclic) bond motifs is 1. The SMILES string of the molecule is C#CCOCC(O)CN(CCCOC)CC(=O)N(CCc1c[nH]c2ccccc12)Cc1ccc(C(C)(C)C)cc1. The Morgan fingerprint density at radius 3 is 2.58 bits per heavy atom. The molecule has 3 rings (SSSR count). The van der Waals surface area contributed by atoms with Crippen LogP contribution in [0.2, 0.25) is 0 Å². The van der Waals surface area contributed by atoms with Crippen molar-refractivity contribution in [1.29, 1.82) is 0 Å². The van der Waals surface area contributed by atoms with Gasteiger partial charge in [0.15, 0.2) is 0 Å². The van der Waals surface area contributed by atoms with Crippen molar-refractivity contribution in [1.82, 2.24) is 14.8 Å². The van der Waals surface area contributed by atoms with E-state index in [0.717, 1.165) is 23.9 Å². The molecule has 1 aromatic heterocycles. The molecule has 1 heterocycles. The van der Waals surface area contributed by atoms with Crippen LogP contribution in [0.25, 0.3) is 10.9 Å². The summed E-state index contributed by atoms with van der Waals surface area (Å²) < 4.78 is 10.5. The normalized spacial score (nSPS) is 12.5. The van der Waals surface area contributed by atoms with Gasteiger partial charge in [-0.25, -0.2) is 0 Å². The molecule has 3 aromatic rings. The van der Waals surface area contributed by atoms with Crippen LogP contribution in [0.4, 0.5) is 0 Å². The van der Waals surface area contributed by atoms with Gasteiger partial charge < -0.3 is 24.5 Å². The van der Waals surface area contributed by atoms with Crippen LogP contribution in [-0.4, -0.2) is 85.0 Å². The highest BCUT2D eigenvalue weighted by molar-refractivity contribution is 5.83. The molecule has 2 aromatic carbocycles. The fraction of sp³-hybridized carbons (Fsp3) is 0.485. The summed E-state index contributed by atoms with van der Waals surface area (Å²) in [6.07, 6.45) is 8.04. The number of nitrogens with zero attached hydrogens (tertiary/aromatic N) is 2. The first-order valence-corrected chi connectivity index (χ1v) is 14.0. The third-order valence-corrected chi connectivity index (χ3v) is 7.02. The fourth-order valence-electron chi connectivity index (χ4n) is 4.78. The van der Waals surface area contributed by atoms with Gasteiger partial charge in [0.1, 0.15) is 6.61 Å². The number of amides is 1. The van der Waals surface area contributed by atoms with Gasteiger partial charge in [0.05, 0.1) is 19.3 Å². The van der Waals surface area contributed by atoms with Crippen LogP contribution in [0, 0.1) is 12.3 Å². The van der Waals surface area contributed by atoms with E-state index in [4.69, 9.17) is 15.9 Å². The van der Waals surface area contributed by atoms with Gasteiger partial charge in [-0.3, -0.25) is 9.69 Å². The number of carbonyl (C=O) groups is 1. The molecule has 7 heteroatoms. The van der Waals surface area contributed by atoms with Gasteiger partial charge in [-0.15, -0.1) is 6.42 Å². The molecule has 2 N–H and O–H groups in total. The van der Waals surface area contributed by atoms with Gasteiger partial charge in [0.2, 0.25) is 5.91 Å². The van der Waals surface area contributed by atoms with Crippen LogP contribution < -0.4 is 0 Å². The van der Waals surface area contributed by atoms with E-state index in [1.54, 1.807) is 7.11 Å². The number of terminal acetylenes is 1. The third kappa shape index (κ3) is 9.79. The number of hydrogen-bond acceptors (Lipinski definition) is 5. The van der Waals surface area contributed by atoms with Gasteiger partial charge >= 0.3 is 0 Å². The Morgan fingerprint density at radius 2 is 1.88 bits per heavy atom. The Bertz CT molecular complexity index is 1220. The highest BCUT2D eigenvalue weighted by atomic mass is 16.5. The van der Waals surface area contributed by atoms with Gasteiger partial charge in [0, 0.05) is 57.0 Å². The topological polar surface area (TPSA) is 78.0 Å². The number of hydrogen-bond donors (Lipinski definition) is 2. The van der Waals surface area contributed by atoms with E-state index in [2.05, 4.69) is 68.1 Å². The summed E-state index contributed by atoms with van der Waals surface area (Å²) >= 11 is 0. The Balaban J connectivity index is 1.75. The van der Waals surface area contributed by atoms with Crippen molar-refractivity contribution in [2.45, 2.75) is 51.7 Å². The van der Waals surface area contributed by atoms with Gasteiger partial charge in [0.25, 0.3) is 0 Å². The second-order valence-corrected chi connectivity index (χ2v) is 11.3. The number of aliphatic hydroxyl groups excluding tert-OH is 1. The molecule has 0 aliphatic carbocycles. The predicted molar refractivity (Wildman–Crippen MR) is 161 cm³/mol. The number of methoxy groups -OCH3 is 1. The highest BCUT2D eigenvalue weighted by Crippen LogP contribution is 2.23. The van der Waals surface area contributed by atoms with Crippen molar-refractivity contribution in [3.05, 3.63) is 71.4 Å². The maximum Gasteiger partial charge on any atom is 0.237 e. The Morgan fingerprint density at radius 1 is 1.12 bits per heavy atom. The zero-order valence-electron chi connectivity index (χ0n) is 24.5. The lowest BCUT2D eigenvalue weighted by molar-refractivity contribution is -0.133. The van der Waals surface area contributed by atoms with Crippen LogP contribution in [0.3, 0.4) is 0 Å². The molecule has 0 aliphatic rings. The number of aromatic nitrogens is 1. The number of benzene rings is 2. The Labute approximate surface area is 239 Å². The molecule has 0 saturated carbocycles. The molecular formula is C33H45N3O4. The smallest absolute Gasteiger partial charge is 0.237 e. The fourth-order valence-corrected chi connectivity index (χ4v) is 4.78. The first kappa shape index (κ1) is 31.4. The average molecular weight is 548 g/mol. The molecule has 0 spiro atoms. The van der Waals surface area contributed by atoms with Crippen LogP contribution in [0.15, 0.2) is 54.7 Å². The summed E-state index contributed by atoms with van der Waals surface area (Å²) in [6.45, 7) is 9.70. The largest absolute Gasteiger partial charge is 0.389 e. The molecule has 216 valence electrons. The number of para-hydroxylation sites is 1. The monoisotopic (exact) mass is 547 g/mol. The second kappa shape index (κ2) is 15.6. The first-order valence-electron chi connectivity index (χ1n) is 14.0. The Hall–Kier alpha value is -3.15. The van der Waals surface area contributed by atoms with E-state index >= 15 is 0 Å². The van der Waals surface area contributed by atoms with Gasteiger partial charge in [-0.2, -0.15) is 0 Å². The van der Waals surface area contributed by atoms with Crippen LogP contribution in [0.5, 0.6) is 0 Å². The molecule has 0 bridgehead atoms. The number of carbonyl (C=O) groups excluding carboxylic acids is 1. The van der Waals surface area contributed by atoms with Crippen molar-refractivity contribution < 1.29 is 19.4 Å². The van der Waals surface area contributed by atoms with Gasteiger partial charge in [-0.05, 0) is 41.0 Å². The third-order valence-electron chi connectivity index (χ3n) is 7.02. The molecule has 0 aliphatic heterocycles. The molecule has 1 unspecified atom stereocenters. The lowest BCUT2D eigenvalue weighted by Gasteiger charge is -2.29. The zero-order valence-corrected chi connectivity index (χ0v) is 24.5. The molecule has 1 atom stereocenters. The van der Waals surface area contributed by atoms with E-state index in [-0.39, 0.29) is 31.1 Å². The minimum absolute atomic E-state index is 0.0221. The van der Waals surface area contributed by atoms with E-state index in [9.17, 15) is 9.90 Å². The van der Waals surface area contributed by atoms with E-state index in [0.29, 0.717) is 32.8 Å². The molecule has 0 radical (unpaired) electrons. The summed E-state index contributed by atoms with van der Waals surface area (Å²) in [5.41, 5.74) is 4.71. The van der Waals surface area contributed by atoms with Gasteiger partial charge in [-0.1, -0.05) is 69.2 Å². The summed E-state index contributed by atoms with van der Waals surface area (Å²) in [7, 11) is 1.66. The van der Waals surface area contributed by atoms with Crippen molar-refractivity contribution >= 4 is 16.8 Å². The minimum atomic E-state index is -0.742. The number of ether oxygens (including phenoxy) is 2. The number of nitrogens with one attached hydrogen (secondary N) is 1. The Kier molecular flexibility index (Phi) is 12.2. The maximum atomic E-state index is 13.8. The van der Waals surface area contributed by atoms with E-state index < -0.39 is 6.10 Å².